The molecule has 0 nitrogen and oxygen atoms in total. The number of hydrogen-bond donors (Lipinski definition) is 0. The zero-order valence-electron chi connectivity index (χ0n) is 9.45. The van der Waals surface area contributed by atoms with E-state index in [-0.39, 0.29) is 5.38 Å². The molecule has 0 unspecified atom stereocenters. The first-order chi connectivity index (χ1) is 8.18. The van der Waals surface area contributed by atoms with Crippen molar-refractivity contribution in [2.75, 3.05) is 0 Å². The molecular formula is C15H12BrCl. The molecule has 0 saturated heterocycles. The Morgan fingerprint density at radius 2 is 1.76 bits per heavy atom. The molecule has 0 bridgehead atoms. The minimum atomic E-state index is 0.103. The third-order valence-electron chi connectivity index (χ3n) is 3.39. The zero-order valence-corrected chi connectivity index (χ0v) is 11.8. The number of rotatable bonds is 1. The molecular weight excluding hydrogens is 296 g/mol. The van der Waals surface area contributed by atoms with Crippen molar-refractivity contribution in [1.29, 1.82) is 0 Å². The van der Waals surface area contributed by atoms with Gasteiger partial charge in [-0.05, 0) is 41.3 Å². The standard InChI is InChI=1S/C15H12BrCl/c1-9(17)15-13-5-3-2-4-11(13)12-7-6-10(16)8-14(12)15/h2-9,15H,1H3/t9-,15+/m1/s1. The van der Waals surface area contributed by atoms with E-state index in [0.29, 0.717) is 5.92 Å². The van der Waals surface area contributed by atoms with Gasteiger partial charge in [0.1, 0.15) is 0 Å². The molecule has 0 heterocycles. The first-order valence-corrected chi connectivity index (χ1v) is 6.94. The van der Waals surface area contributed by atoms with Crippen molar-refractivity contribution in [2.24, 2.45) is 0 Å². The van der Waals surface area contributed by atoms with Gasteiger partial charge in [0.15, 0.2) is 0 Å². The second-order valence-electron chi connectivity index (χ2n) is 4.47. The van der Waals surface area contributed by atoms with Gasteiger partial charge in [-0.25, -0.2) is 0 Å². The van der Waals surface area contributed by atoms with Crippen molar-refractivity contribution in [1.82, 2.24) is 0 Å². The summed E-state index contributed by atoms with van der Waals surface area (Å²) in [6.07, 6.45) is 0. The van der Waals surface area contributed by atoms with E-state index >= 15 is 0 Å². The molecule has 1 aliphatic rings. The average molecular weight is 308 g/mol. The van der Waals surface area contributed by atoms with Crippen LogP contribution >= 0.6 is 27.5 Å². The number of alkyl halides is 1. The van der Waals surface area contributed by atoms with E-state index in [0.717, 1.165) is 4.47 Å². The lowest BCUT2D eigenvalue weighted by Gasteiger charge is -2.16. The molecule has 0 aliphatic heterocycles. The number of benzene rings is 2. The fraction of sp³-hybridized carbons (Fsp3) is 0.200. The Kier molecular flexibility index (Phi) is 2.76. The van der Waals surface area contributed by atoms with E-state index in [1.54, 1.807) is 0 Å². The van der Waals surface area contributed by atoms with Gasteiger partial charge < -0.3 is 0 Å². The Labute approximate surface area is 115 Å². The lowest BCUT2D eigenvalue weighted by Crippen LogP contribution is -2.07. The van der Waals surface area contributed by atoms with Crippen LogP contribution in [0.1, 0.15) is 24.0 Å². The van der Waals surface area contributed by atoms with Crippen LogP contribution in [-0.2, 0) is 0 Å². The smallest absolute Gasteiger partial charge is 0.0417 e. The van der Waals surface area contributed by atoms with Gasteiger partial charge in [-0.1, -0.05) is 46.3 Å². The second-order valence-corrected chi connectivity index (χ2v) is 6.08. The van der Waals surface area contributed by atoms with E-state index < -0.39 is 0 Å². The van der Waals surface area contributed by atoms with Gasteiger partial charge in [0.05, 0.1) is 0 Å². The molecule has 2 aromatic rings. The number of halogens is 2. The maximum atomic E-state index is 6.38. The molecule has 0 N–H and O–H groups in total. The van der Waals surface area contributed by atoms with Gasteiger partial charge in [0.25, 0.3) is 0 Å². The summed E-state index contributed by atoms with van der Waals surface area (Å²) in [5.41, 5.74) is 5.33. The first kappa shape index (κ1) is 11.3. The van der Waals surface area contributed by atoms with Crippen LogP contribution in [0.3, 0.4) is 0 Å². The average Bonchev–Trinajstić information content (AvgIpc) is 2.62. The molecule has 1 aliphatic carbocycles. The number of fused-ring (bicyclic) bond motifs is 3. The van der Waals surface area contributed by atoms with E-state index in [4.69, 9.17) is 11.6 Å². The maximum Gasteiger partial charge on any atom is 0.0417 e. The summed E-state index contributed by atoms with van der Waals surface area (Å²) >= 11 is 9.92. The molecule has 86 valence electrons. The van der Waals surface area contributed by atoms with Crippen molar-refractivity contribution in [3.05, 3.63) is 58.1 Å². The molecule has 0 fully saturated rings. The molecule has 0 radical (unpaired) electrons. The van der Waals surface area contributed by atoms with Gasteiger partial charge in [-0.2, -0.15) is 0 Å². The van der Waals surface area contributed by atoms with E-state index in [1.165, 1.54) is 22.3 Å². The van der Waals surface area contributed by atoms with Gasteiger partial charge in [0, 0.05) is 15.8 Å². The van der Waals surface area contributed by atoms with Gasteiger partial charge >= 0.3 is 0 Å². The molecule has 3 rings (SSSR count). The maximum absolute atomic E-state index is 6.38. The summed E-state index contributed by atoms with van der Waals surface area (Å²) in [6, 6.07) is 15.0. The third-order valence-corrected chi connectivity index (χ3v) is 4.14. The lowest BCUT2D eigenvalue weighted by atomic mass is 9.94. The van der Waals surface area contributed by atoms with Crippen LogP contribution in [0, 0.1) is 0 Å². The van der Waals surface area contributed by atoms with E-state index in [1.807, 2.05) is 0 Å². The summed E-state index contributed by atoms with van der Waals surface area (Å²) in [6.45, 7) is 2.07. The Balaban J connectivity index is 2.29. The topological polar surface area (TPSA) is 0 Å². The predicted octanol–water partition coefficient (Wildman–Crippen LogP) is 5.19. The molecule has 2 atom stereocenters. The number of hydrogen-bond acceptors (Lipinski definition) is 0. The van der Waals surface area contributed by atoms with Crippen molar-refractivity contribution in [2.45, 2.75) is 18.2 Å². The summed E-state index contributed by atoms with van der Waals surface area (Å²) in [5, 5.41) is 0.103. The summed E-state index contributed by atoms with van der Waals surface area (Å²) < 4.78 is 1.12. The highest BCUT2D eigenvalue weighted by Crippen LogP contribution is 2.48. The summed E-state index contributed by atoms with van der Waals surface area (Å²) in [7, 11) is 0. The SMILES string of the molecule is C[C@@H](Cl)[C@H]1c2ccccc2-c2ccc(Br)cc21. The highest BCUT2D eigenvalue weighted by atomic mass is 79.9. The quantitative estimate of drug-likeness (QED) is 0.636. The molecule has 0 aromatic heterocycles. The van der Waals surface area contributed by atoms with Crippen molar-refractivity contribution < 1.29 is 0 Å². The highest BCUT2D eigenvalue weighted by molar-refractivity contribution is 9.10. The van der Waals surface area contributed by atoms with Gasteiger partial charge in [-0.3, -0.25) is 0 Å². The van der Waals surface area contributed by atoms with Gasteiger partial charge in [-0.15, -0.1) is 11.6 Å². The van der Waals surface area contributed by atoms with Crippen LogP contribution in [0.2, 0.25) is 0 Å². The van der Waals surface area contributed by atoms with Gasteiger partial charge in [0.2, 0.25) is 0 Å². The van der Waals surface area contributed by atoms with Crippen LogP contribution in [0.25, 0.3) is 11.1 Å². The van der Waals surface area contributed by atoms with Crippen LogP contribution < -0.4 is 0 Å². The zero-order chi connectivity index (χ0) is 12.0. The normalized spacial score (nSPS) is 18.6. The second kappa shape index (κ2) is 4.15. The molecule has 2 aromatic carbocycles. The summed E-state index contributed by atoms with van der Waals surface area (Å²) in [4.78, 5) is 0. The minimum Gasteiger partial charge on any atom is -0.122 e. The van der Waals surface area contributed by atoms with Crippen LogP contribution in [0.15, 0.2) is 46.9 Å². The fourth-order valence-corrected chi connectivity index (χ4v) is 3.36. The van der Waals surface area contributed by atoms with E-state index in [9.17, 15) is 0 Å². The predicted molar refractivity (Wildman–Crippen MR) is 76.7 cm³/mol. The Hall–Kier alpha value is -0.790. The van der Waals surface area contributed by atoms with Crippen LogP contribution in [-0.4, -0.2) is 5.38 Å². The monoisotopic (exact) mass is 306 g/mol. The molecule has 0 spiro atoms. The molecule has 0 amide bonds. The molecule has 2 heteroatoms. The first-order valence-electron chi connectivity index (χ1n) is 5.71. The minimum absolute atomic E-state index is 0.103. The third kappa shape index (κ3) is 1.73. The molecule has 17 heavy (non-hydrogen) atoms. The Morgan fingerprint density at radius 3 is 2.53 bits per heavy atom. The van der Waals surface area contributed by atoms with Crippen molar-refractivity contribution in [3.8, 4) is 11.1 Å². The van der Waals surface area contributed by atoms with Crippen molar-refractivity contribution >= 4 is 27.5 Å². The van der Waals surface area contributed by atoms with Crippen LogP contribution in [0.4, 0.5) is 0 Å². The Morgan fingerprint density at radius 1 is 1.06 bits per heavy atom. The van der Waals surface area contributed by atoms with E-state index in [2.05, 4.69) is 65.3 Å². The van der Waals surface area contributed by atoms with Crippen LogP contribution in [0.5, 0.6) is 0 Å². The molecule has 0 saturated carbocycles. The highest BCUT2D eigenvalue weighted by Gasteiger charge is 2.31. The van der Waals surface area contributed by atoms with Crippen molar-refractivity contribution in [3.63, 3.8) is 0 Å². The summed E-state index contributed by atoms with van der Waals surface area (Å²) in [5.74, 6) is 0.306. The Bertz CT molecular complexity index is 575. The lowest BCUT2D eigenvalue weighted by molar-refractivity contribution is 0.806. The largest absolute Gasteiger partial charge is 0.122 e. The fourth-order valence-electron chi connectivity index (χ4n) is 2.71.